The fourth-order valence-electron chi connectivity index (χ4n) is 1.31. The topological polar surface area (TPSA) is 81.4 Å². The Morgan fingerprint density at radius 1 is 1.50 bits per heavy atom. The van der Waals surface area contributed by atoms with Crippen LogP contribution < -0.4 is 11.1 Å². The van der Waals surface area contributed by atoms with E-state index in [9.17, 15) is 9.59 Å². The third kappa shape index (κ3) is 3.63. The zero-order valence-electron chi connectivity index (χ0n) is 10.2. The lowest BCUT2D eigenvalue weighted by molar-refractivity contribution is -0.128. The highest BCUT2D eigenvalue weighted by Crippen LogP contribution is 2.19. The molecule has 0 bridgehead atoms. The molecule has 98 valence electrons. The number of halogens is 1. The van der Waals surface area contributed by atoms with Crippen molar-refractivity contribution in [2.24, 2.45) is 0 Å². The first-order chi connectivity index (χ1) is 8.45. The van der Waals surface area contributed by atoms with Crippen molar-refractivity contribution in [3.8, 4) is 0 Å². The molecule has 0 aliphatic carbocycles. The van der Waals surface area contributed by atoms with Crippen molar-refractivity contribution >= 4 is 29.2 Å². The van der Waals surface area contributed by atoms with Crippen molar-refractivity contribution in [2.75, 3.05) is 12.3 Å². The zero-order chi connectivity index (χ0) is 13.7. The van der Waals surface area contributed by atoms with Crippen molar-refractivity contribution in [3.05, 3.63) is 28.8 Å². The molecule has 3 N–H and O–H groups in total. The lowest BCUT2D eigenvalue weighted by Gasteiger charge is -2.13. The van der Waals surface area contributed by atoms with Gasteiger partial charge in [-0.2, -0.15) is 0 Å². The number of ether oxygens (including phenoxy) is 1. The van der Waals surface area contributed by atoms with Crippen LogP contribution in [0.15, 0.2) is 18.2 Å². The normalized spacial score (nSPS) is 11.7. The van der Waals surface area contributed by atoms with Gasteiger partial charge < -0.3 is 15.8 Å². The fourth-order valence-corrected chi connectivity index (χ4v) is 1.50. The second kappa shape index (κ2) is 6.26. The fraction of sp³-hybridized carbons (Fsp3) is 0.333. The standard InChI is InChI=1S/C12H15ClN2O3/c1-3-15-11(16)7(2)18-12(17)9-5-4-8(13)6-10(9)14/h4-7H,3,14H2,1-2H3,(H,15,16)/t7-/m1/s1. The van der Waals surface area contributed by atoms with Gasteiger partial charge in [-0.1, -0.05) is 11.6 Å². The van der Waals surface area contributed by atoms with Crippen LogP contribution >= 0.6 is 11.6 Å². The number of carbonyl (C=O) groups is 2. The quantitative estimate of drug-likeness (QED) is 0.643. The molecule has 0 heterocycles. The largest absolute Gasteiger partial charge is 0.449 e. The summed E-state index contributed by atoms with van der Waals surface area (Å²) in [5.41, 5.74) is 6.06. The lowest BCUT2D eigenvalue weighted by atomic mass is 10.2. The Balaban J connectivity index is 2.73. The molecule has 0 aliphatic rings. The summed E-state index contributed by atoms with van der Waals surface area (Å²) in [4.78, 5) is 23.2. The molecule has 18 heavy (non-hydrogen) atoms. The second-order valence-electron chi connectivity index (χ2n) is 3.67. The monoisotopic (exact) mass is 270 g/mol. The molecule has 0 spiro atoms. The first-order valence-corrected chi connectivity index (χ1v) is 5.87. The minimum atomic E-state index is -0.868. The van der Waals surface area contributed by atoms with E-state index in [4.69, 9.17) is 22.1 Å². The number of anilines is 1. The Kier molecular flexibility index (Phi) is 4.97. The molecular formula is C12H15ClN2O3. The van der Waals surface area contributed by atoms with Gasteiger partial charge >= 0.3 is 5.97 Å². The summed E-state index contributed by atoms with van der Waals surface area (Å²) in [6.07, 6.45) is -0.868. The Morgan fingerprint density at radius 2 is 2.17 bits per heavy atom. The smallest absolute Gasteiger partial charge is 0.341 e. The van der Waals surface area contributed by atoms with Crippen molar-refractivity contribution < 1.29 is 14.3 Å². The van der Waals surface area contributed by atoms with Crippen LogP contribution in [0.25, 0.3) is 0 Å². The van der Waals surface area contributed by atoms with Crippen LogP contribution in [0.2, 0.25) is 5.02 Å². The molecule has 0 aliphatic heterocycles. The highest BCUT2D eigenvalue weighted by atomic mass is 35.5. The van der Waals surface area contributed by atoms with Gasteiger partial charge in [-0.25, -0.2) is 4.79 Å². The van der Waals surface area contributed by atoms with E-state index in [1.165, 1.54) is 25.1 Å². The Hall–Kier alpha value is -1.75. The molecule has 0 unspecified atom stereocenters. The molecule has 0 fully saturated rings. The van der Waals surface area contributed by atoms with Crippen LogP contribution in [0, 0.1) is 0 Å². The minimum absolute atomic E-state index is 0.190. The summed E-state index contributed by atoms with van der Waals surface area (Å²) in [6, 6.07) is 4.45. The average molecular weight is 271 g/mol. The molecular weight excluding hydrogens is 256 g/mol. The second-order valence-corrected chi connectivity index (χ2v) is 4.11. The van der Waals surface area contributed by atoms with E-state index in [1.807, 2.05) is 0 Å². The van der Waals surface area contributed by atoms with Gasteiger partial charge in [0, 0.05) is 17.3 Å². The van der Waals surface area contributed by atoms with E-state index in [1.54, 1.807) is 6.92 Å². The molecule has 0 aromatic heterocycles. The third-order valence-electron chi connectivity index (χ3n) is 2.24. The van der Waals surface area contributed by atoms with Crippen LogP contribution in [-0.2, 0) is 9.53 Å². The minimum Gasteiger partial charge on any atom is -0.449 e. The van der Waals surface area contributed by atoms with Crippen molar-refractivity contribution in [1.82, 2.24) is 5.32 Å². The predicted molar refractivity (Wildman–Crippen MR) is 69.4 cm³/mol. The number of likely N-dealkylation sites (N-methyl/N-ethyl adjacent to an activating group) is 1. The maximum Gasteiger partial charge on any atom is 0.341 e. The van der Waals surface area contributed by atoms with E-state index >= 15 is 0 Å². The van der Waals surface area contributed by atoms with Gasteiger partial charge in [0.2, 0.25) is 0 Å². The molecule has 6 heteroatoms. The lowest BCUT2D eigenvalue weighted by Crippen LogP contribution is -2.35. The molecule has 0 saturated heterocycles. The number of amides is 1. The summed E-state index contributed by atoms with van der Waals surface area (Å²) in [5, 5.41) is 2.99. The van der Waals surface area contributed by atoms with Gasteiger partial charge in [-0.3, -0.25) is 4.79 Å². The summed E-state index contributed by atoms with van der Waals surface area (Å²) in [7, 11) is 0. The number of rotatable bonds is 4. The highest BCUT2D eigenvalue weighted by molar-refractivity contribution is 6.31. The molecule has 1 amide bonds. The third-order valence-corrected chi connectivity index (χ3v) is 2.47. The van der Waals surface area contributed by atoms with Crippen LogP contribution in [0.5, 0.6) is 0 Å². The number of nitrogens with one attached hydrogen (secondary N) is 1. The van der Waals surface area contributed by atoms with E-state index in [0.717, 1.165) is 0 Å². The number of carbonyl (C=O) groups excluding carboxylic acids is 2. The molecule has 1 rings (SSSR count). The van der Waals surface area contributed by atoms with Gasteiger partial charge in [0.1, 0.15) is 0 Å². The summed E-state index contributed by atoms with van der Waals surface area (Å²) >= 11 is 5.72. The molecule has 1 aromatic rings. The maximum atomic E-state index is 11.8. The van der Waals surface area contributed by atoms with Gasteiger partial charge in [0.15, 0.2) is 6.10 Å². The van der Waals surface area contributed by atoms with E-state index in [-0.39, 0.29) is 17.2 Å². The molecule has 1 atom stereocenters. The number of nitrogens with two attached hydrogens (primary N) is 1. The summed E-state index contributed by atoms with van der Waals surface area (Å²) < 4.78 is 5.00. The molecule has 1 aromatic carbocycles. The van der Waals surface area contributed by atoms with Crippen LogP contribution in [-0.4, -0.2) is 24.5 Å². The van der Waals surface area contributed by atoms with Crippen LogP contribution in [0.4, 0.5) is 5.69 Å². The Morgan fingerprint density at radius 3 is 2.72 bits per heavy atom. The number of esters is 1. The first kappa shape index (κ1) is 14.3. The van der Waals surface area contributed by atoms with Gasteiger partial charge in [0.05, 0.1) is 5.56 Å². The molecule has 5 nitrogen and oxygen atoms in total. The van der Waals surface area contributed by atoms with Gasteiger partial charge in [-0.15, -0.1) is 0 Å². The number of benzene rings is 1. The Bertz CT molecular complexity index is 463. The first-order valence-electron chi connectivity index (χ1n) is 5.49. The number of hydrogen-bond acceptors (Lipinski definition) is 4. The SMILES string of the molecule is CCNC(=O)[C@@H](C)OC(=O)c1ccc(Cl)cc1N. The van der Waals surface area contributed by atoms with E-state index < -0.39 is 12.1 Å². The summed E-state index contributed by atoms with van der Waals surface area (Å²) in [6.45, 7) is 3.75. The van der Waals surface area contributed by atoms with E-state index in [0.29, 0.717) is 11.6 Å². The summed E-state index contributed by atoms with van der Waals surface area (Å²) in [5.74, 6) is -0.999. The molecule has 0 radical (unpaired) electrons. The zero-order valence-corrected chi connectivity index (χ0v) is 11.0. The van der Waals surface area contributed by atoms with Crippen molar-refractivity contribution in [2.45, 2.75) is 20.0 Å². The Labute approximate surface area is 110 Å². The van der Waals surface area contributed by atoms with E-state index in [2.05, 4.69) is 5.32 Å². The van der Waals surface area contributed by atoms with Gasteiger partial charge in [0.25, 0.3) is 5.91 Å². The van der Waals surface area contributed by atoms with Gasteiger partial charge in [-0.05, 0) is 32.0 Å². The number of hydrogen-bond donors (Lipinski definition) is 2. The predicted octanol–water partition coefficient (Wildman–Crippen LogP) is 1.60. The van der Waals surface area contributed by atoms with Crippen LogP contribution in [0.1, 0.15) is 24.2 Å². The maximum absolute atomic E-state index is 11.8. The van der Waals surface area contributed by atoms with Crippen molar-refractivity contribution in [3.63, 3.8) is 0 Å². The average Bonchev–Trinajstić information content (AvgIpc) is 2.28. The molecule has 0 saturated carbocycles. The van der Waals surface area contributed by atoms with Crippen LogP contribution in [0.3, 0.4) is 0 Å². The van der Waals surface area contributed by atoms with Crippen molar-refractivity contribution in [1.29, 1.82) is 0 Å². The highest BCUT2D eigenvalue weighted by Gasteiger charge is 2.19. The number of nitrogen functional groups attached to an aromatic ring is 1.